The highest BCUT2D eigenvalue weighted by molar-refractivity contribution is 7.92. The predicted molar refractivity (Wildman–Crippen MR) is 90.0 cm³/mol. The standard InChI is InChI=1S/C17H20O9S/c1-10(18)24-14-9-23-17(27(21,22)13-7-5-4-6-8-13)16(26-12(3)20)15(14)25-11(2)19/h4-8,14-17H,9H2,1-3H3/t14-,15-,16-,17-/m1/s1. The summed E-state index contributed by atoms with van der Waals surface area (Å²) in [7, 11) is -4.11. The average Bonchev–Trinajstić information content (AvgIpc) is 2.57. The number of ether oxygens (including phenoxy) is 4. The van der Waals surface area contributed by atoms with E-state index in [-0.39, 0.29) is 11.5 Å². The number of benzene rings is 1. The third-order valence-corrected chi connectivity index (χ3v) is 5.63. The Morgan fingerprint density at radius 3 is 1.93 bits per heavy atom. The van der Waals surface area contributed by atoms with Gasteiger partial charge in [0.15, 0.2) is 18.3 Å². The van der Waals surface area contributed by atoms with E-state index in [1.807, 2.05) is 0 Å². The van der Waals surface area contributed by atoms with E-state index in [0.29, 0.717) is 0 Å². The largest absolute Gasteiger partial charge is 0.456 e. The van der Waals surface area contributed by atoms with Gasteiger partial charge in [0.25, 0.3) is 0 Å². The fourth-order valence-electron chi connectivity index (χ4n) is 2.72. The zero-order valence-electron chi connectivity index (χ0n) is 15.0. The van der Waals surface area contributed by atoms with Gasteiger partial charge in [-0.3, -0.25) is 14.4 Å². The predicted octanol–water partition coefficient (Wildman–Crippen LogP) is 0.612. The topological polar surface area (TPSA) is 122 Å². The van der Waals surface area contributed by atoms with E-state index >= 15 is 0 Å². The molecule has 0 bridgehead atoms. The molecule has 1 fully saturated rings. The molecule has 0 radical (unpaired) electrons. The Labute approximate surface area is 156 Å². The highest BCUT2D eigenvalue weighted by Gasteiger charge is 2.52. The van der Waals surface area contributed by atoms with Gasteiger partial charge in [-0.15, -0.1) is 0 Å². The number of sulfone groups is 1. The van der Waals surface area contributed by atoms with E-state index in [2.05, 4.69) is 0 Å². The zero-order chi connectivity index (χ0) is 20.2. The molecule has 1 heterocycles. The summed E-state index contributed by atoms with van der Waals surface area (Å²) in [6.07, 6.45) is -3.99. The Morgan fingerprint density at radius 2 is 1.41 bits per heavy atom. The molecule has 27 heavy (non-hydrogen) atoms. The molecule has 1 aliphatic rings. The summed E-state index contributed by atoms with van der Waals surface area (Å²) in [4.78, 5) is 34.3. The van der Waals surface area contributed by atoms with Crippen LogP contribution in [0.3, 0.4) is 0 Å². The van der Waals surface area contributed by atoms with Crippen molar-refractivity contribution in [1.29, 1.82) is 0 Å². The van der Waals surface area contributed by atoms with Crippen LogP contribution in [0.2, 0.25) is 0 Å². The van der Waals surface area contributed by atoms with E-state index in [9.17, 15) is 22.8 Å². The van der Waals surface area contributed by atoms with Crippen LogP contribution in [0.5, 0.6) is 0 Å². The normalized spacial score (nSPS) is 25.3. The smallest absolute Gasteiger partial charge is 0.303 e. The molecular weight excluding hydrogens is 380 g/mol. The SMILES string of the molecule is CC(=O)O[C@@H]1[C@H](OC(C)=O)[C@H](OC(C)=O)CO[C@@H]1S(=O)(=O)c1ccccc1. The lowest BCUT2D eigenvalue weighted by Crippen LogP contribution is -2.59. The first kappa shape index (κ1) is 20.8. The van der Waals surface area contributed by atoms with Gasteiger partial charge in [-0.1, -0.05) is 18.2 Å². The summed E-state index contributed by atoms with van der Waals surface area (Å²) in [6.45, 7) is 2.96. The lowest BCUT2D eigenvalue weighted by molar-refractivity contribution is -0.214. The Morgan fingerprint density at radius 1 is 0.889 bits per heavy atom. The summed E-state index contributed by atoms with van der Waals surface area (Å²) < 4.78 is 46.7. The maximum absolute atomic E-state index is 13.0. The van der Waals surface area contributed by atoms with Crippen LogP contribution < -0.4 is 0 Å². The molecule has 0 saturated carbocycles. The first-order valence-corrected chi connectivity index (χ1v) is 9.59. The van der Waals surface area contributed by atoms with E-state index < -0.39 is 51.5 Å². The van der Waals surface area contributed by atoms with Crippen LogP contribution in [0.15, 0.2) is 35.2 Å². The molecule has 1 aromatic carbocycles. The van der Waals surface area contributed by atoms with Gasteiger partial charge in [-0.25, -0.2) is 8.42 Å². The lowest BCUT2D eigenvalue weighted by Gasteiger charge is -2.40. The van der Waals surface area contributed by atoms with Crippen LogP contribution >= 0.6 is 0 Å². The molecule has 0 amide bonds. The molecule has 0 spiro atoms. The molecule has 0 aromatic heterocycles. The number of carbonyl (C=O) groups is 3. The molecule has 1 saturated heterocycles. The highest BCUT2D eigenvalue weighted by Crippen LogP contribution is 2.30. The van der Waals surface area contributed by atoms with Crippen molar-refractivity contribution in [3.8, 4) is 0 Å². The van der Waals surface area contributed by atoms with Crippen LogP contribution in [-0.4, -0.2) is 56.7 Å². The van der Waals surface area contributed by atoms with Gasteiger partial charge in [-0.2, -0.15) is 0 Å². The van der Waals surface area contributed by atoms with Gasteiger partial charge >= 0.3 is 17.9 Å². The summed E-state index contributed by atoms with van der Waals surface area (Å²) in [6, 6.07) is 7.43. The molecule has 0 N–H and O–H groups in total. The third kappa shape index (κ3) is 5.04. The average molecular weight is 400 g/mol. The van der Waals surface area contributed by atoms with Crippen molar-refractivity contribution < 1.29 is 41.7 Å². The first-order chi connectivity index (χ1) is 12.6. The van der Waals surface area contributed by atoms with Crippen molar-refractivity contribution in [2.75, 3.05) is 6.61 Å². The minimum Gasteiger partial charge on any atom is -0.456 e. The molecule has 9 nitrogen and oxygen atoms in total. The van der Waals surface area contributed by atoms with E-state index in [4.69, 9.17) is 18.9 Å². The van der Waals surface area contributed by atoms with Crippen LogP contribution in [0, 0.1) is 0 Å². The highest BCUT2D eigenvalue weighted by atomic mass is 32.2. The summed E-state index contributed by atoms with van der Waals surface area (Å²) in [5.74, 6) is -2.25. The molecule has 0 unspecified atom stereocenters. The lowest BCUT2D eigenvalue weighted by atomic mass is 10.1. The van der Waals surface area contributed by atoms with Gasteiger partial charge in [0.1, 0.15) is 0 Å². The fourth-order valence-corrected chi connectivity index (χ4v) is 4.35. The second-order valence-corrected chi connectivity index (χ2v) is 7.88. The second-order valence-electron chi connectivity index (χ2n) is 5.86. The summed E-state index contributed by atoms with van der Waals surface area (Å²) in [5.41, 5.74) is -1.64. The molecular formula is C17H20O9S. The molecule has 0 aliphatic carbocycles. The maximum atomic E-state index is 13.0. The van der Waals surface area contributed by atoms with Crippen molar-refractivity contribution in [3.63, 3.8) is 0 Å². The van der Waals surface area contributed by atoms with Crippen molar-refractivity contribution in [2.24, 2.45) is 0 Å². The van der Waals surface area contributed by atoms with E-state index in [0.717, 1.165) is 20.8 Å². The number of esters is 3. The second kappa shape index (κ2) is 8.49. The fraction of sp³-hybridized carbons (Fsp3) is 0.471. The van der Waals surface area contributed by atoms with Gasteiger partial charge in [0, 0.05) is 20.8 Å². The maximum Gasteiger partial charge on any atom is 0.303 e. The Bertz CT molecular complexity index is 803. The van der Waals surface area contributed by atoms with Crippen LogP contribution in [0.25, 0.3) is 0 Å². The first-order valence-electron chi connectivity index (χ1n) is 8.05. The molecule has 1 aromatic rings. The van der Waals surface area contributed by atoms with E-state index in [1.54, 1.807) is 6.07 Å². The Balaban J connectivity index is 2.46. The van der Waals surface area contributed by atoms with E-state index in [1.165, 1.54) is 24.3 Å². The quantitative estimate of drug-likeness (QED) is 0.517. The number of rotatable bonds is 5. The van der Waals surface area contributed by atoms with Gasteiger partial charge in [0.05, 0.1) is 11.5 Å². The van der Waals surface area contributed by atoms with Crippen LogP contribution in [-0.2, 0) is 43.2 Å². The van der Waals surface area contributed by atoms with Crippen molar-refractivity contribution in [2.45, 2.75) is 49.4 Å². The van der Waals surface area contributed by atoms with Crippen molar-refractivity contribution in [3.05, 3.63) is 30.3 Å². The monoisotopic (exact) mass is 400 g/mol. The van der Waals surface area contributed by atoms with Crippen molar-refractivity contribution in [1.82, 2.24) is 0 Å². The molecule has 1 aliphatic heterocycles. The number of carbonyl (C=O) groups excluding carboxylic acids is 3. The van der Waals surface area contributed by atoms with Crippen molar-refractivity contribution >= 4 is 27.7 Å². The van der Waals surface area contributed by atoms with Gasteiger partial charge < -0.3 is 18.9 Å². The number of hydrogen-bond acceptors (Lipinski definition) is 9. The minimum absolute atomic E-state index is 0.0559. The van der Waals surface area contributed by atoms with Gasteiger partial charge in [0.2, 0.25) is 15.3 Å². The molecule has 10 heteroatoms. The summed E-state index contributed by atoms with van der Waals surface area (Å²) >= 11 is 0. The molecule has 2 rings (SSSR count). The number of hydrogen-bond donors (Lipinski definition) is 0. The zero-order valence-corrected chi connectivity index (χ0v) is 15.8. The van der Waals surface area contributed by atoms with Gasteiger partial charge in [-0.05, 0) is 12.1 Å². The minimum atomic E-state index is -4.11. The molecule has 4 atom stereocenters. The Hall–Kier alpha value is -2.46. The summed E-state index contributed by atoms with van der Waals surface area (Å²) in [5, 5.41) is 0. The van der Waals surface area contributed by atoms with Crippen LogP contribution in [0.1, 0.15) is 20.8 Å². The third-order valence-electron chi connectivity index (χ3n) is 3.68. The van der Waals surface area contributed by atoms with Crippen LogP contribution in [0.4, 0.5) is 0 Å². The Kier molecular flexibility index (Phi) is 6.55. The molecule has 148 valence electrons.